The Labute approximate surface area is 113 Å². The maximum absolute atomic E-state index is 11.9. The number of hydrogen-bond donors (Lipinski definition) is 0. The molecule has 3 nitrogen and oxygen atoms in total. The number of allylic oxidation sites excluding steroid dienone is 2. The Kier molecular flexibility index (Phi) is 2.24. The molecule has 2 aliphatic heterocycles. The zero-order chi connectivity index (χ0) is 13.3. The lowest BCUT2D eigenvalue weighted by molar-refractivity contribution is -0.117. The maximum Gasteiger partial charge on any atom is 0.156 e. The third-order valence-corrected chi connectivity index (χ3v) is 5.30. The van der Waals surface area contributed by atoms with E-state index >= 15 is 0 Å². The quantitative estimate of drug-likeness (QED) is 0.578. The fourth-order valence-corrected chi connectivity index (χ4v) is 3.65. The number of hydrogen-bond acceptors (Lipinski definition) is 3. The number of carbonyl (C=O) groups excluding carboxylic acids is 1. The van der Waals surface area contributed by atoms with E-state index in [9.17, 15) is 4.79 Å². The summed E-state index contributed by atoms with van der Waals surface area (Å²) in [7, 11) is 0. The summed E-state index contributed by atoms with van der Waals surface area (Å²) < 4.78 is 11.7. The Morgan fingerprint density at radius 1 is 1.47 bits per heavy atom. The second-order valence-electron chi connectivity index (χ2n) is 6.62. The van der Waals surface area contributed by atoms with E-state index < -0.39 is 0 Å². The van der Waals surface area contributed by atoms with E-state index in [2.05, 4.69) is 13.0 Å². The van der Waals surface area contributed by atoms with Gasteiger partial charge in [0.1, 0.15) is 5.60 Å². The molecule has 0 amide bonds. The van der Waals surface area contributed by atoms with Crippen LogP contribution < -0.4 is 0 Å². The molecule has 2 heterocycles. The first-order chi connectivity index (χ1) is 9.04. The summed E-state index contributed by atoms with van der Waals surface area (Å²) in [6.45, 7) is 4.92. The summed E-state index contributed by atoms with van der Waals surface area (Å²) in [5.41, 5.74) is 2.29. The number of carbonyl (C=O) groups is 1. The van der Waals surface area contributed by atoms with Gasteiger partial charge < -0.3 is 9.47 Å². The lowest BCUT2D eigenvalue weighted by Crippen LogP contribution is -2.42. The Bertz CT molecular complexity index is 506. The highest BCUT2D eigenvalue weighted by Crippen LogP contribution is 2.58. The van der Waals surface area contributed by atoms with Crippen LogP contribution in [0.5, 0.6) is 0 Å². The van der Waals surface area contributed by atoms with Crippen LogP contribution in [0.25, 0.3) is 0 Å². The fourth-order valence-electron chi connectivity index (χ4n) is 3.65. The molecule has 19 heavy (non-hydrogen) atoms. The van der Waals surface area contributed by atoms with E-state index in [0.29, 0.717) is 6.42 Å². The van der Waals surface area contributed by atoms with Crippen molar-refractivity contribution in [3.05, 3.63) is 23.3 Å². The molecule has 0 aromatic heterocycles. The lowest BCUT2D eigenvalue weighted by Gasteiger charge is -2.31. The Morgan fingerprint density at radius 2 is 2.21 bits per heavy atom. The fraction of sp³-hybridized carbons (Fsp3) is 0.688. The standard InChI is InChI=1S/C16H20O3/c1-10-7-12(17)8-13(16(10)9-18-16)15(2)14(19-15)6-5-11-3-4-11/h5,7,13-14H,3-4,6,8-9H2,1-2H3/t13?,14-,15-,16-/m1/s1. The normalized spacial score (nSPS) is 47.2. The van der Waals surface area contributed by atoms with Crippen LogP contribution in [-0.2, 0) is 14.3 Å². The number of epoxide rings is 2. The zero-order valence-electron chi connectivity index (χ0n) is 11.6. The highest BCUT2D eigenvalue weighted by atomic mass is 16.6. The van der Waals surface area contributed by atoms with Gasteiger partial charge in [0, 0.05) is 12.3 Å². The molecule has 4 atom stereocenters. The minimum Gasteiger partial charge on any atom is -0.366 e. The average Bonchev–Trinajstić information content (AvgIpc) is 3.18. The van der Waals surface area contributed by atoms with E-state index in [1.807, 2.05) is 6.92 Å². The molecular weight excluding hydrogens is 240 g/mol. The summed E-state index contributed by atoms with van der Waals surface area (Å²) in [5.74, 6) is 0.416. The Hall–Kier alpha value is -0.930. The van der Waals surface area contributed by atoms with Crippen LogP contribution in [0, 0.1) is 5.92 Å². The van der Waals surface area contributed by atoms with E-state index in [4.69, 9.17) is 9.47 Å². The first kappa shape index (κ1) is 11.9. The second kappa shape index (κ2) is 3.58. The van der Waals surface area contributed by atoms with Crippen LogP contribution in [0.4, 0.5) is 0 Å². The third-order valence-electron chi connectivity index (χ3n) is 5.30. The van der Waals surface area contributed by atoms with Crippen LogP contribution in [0.2, 0.25) is 0 Å². The van der Waals surface area contributed by atoms with Gasteiger partial charge in [-0.15, -0.1) is 0 Å². The van der Waals surface area contributed by atoms with Gasteiger partial charge in [-0.05, 0) is 44.8 Å². The van der Waals surface area contributed by atoms with Crippen molar-refractivity contribution in [1.82, 2.24) is 0 Å². The van der Waals surface area contributed by atoms with Crippen molar-refractivity contribution in [3.8, 4) is 0 Å². The minimum absolute atomic E-state index is 0.173. The van der Waals surface area contributed by atoms with Gasteiger partial charge >= 0.3 is 0 Å². The summed E-state index contributed by atoms with van der Waals surface area (Å²) in [6, 6.07) is 0. The molecule has 0 aromatic carbocycles. The summed E-state index contributed by atoms with van der Waals surface area (Å²) in [4.78, 5) is 11.9. The molecule has 1 saturated carbocycles. The van der Waals surface area contributed by atoms with Gasteiger partial charge in [-0.1, -0.05) is 11.6 Å². The molecule has 102 valence electrons. The van der Waals surface area contributed by atoms with Crippen LogP contribution in [0.3, 0.4) is 0 Å². The van der Waals surface area contributed by atoms with Crippen molar-refractivity contribution < 1.29 is 14.3 Å². The highest BCUT2D eigenvalue weighted by Gasteiger charge is 2.69. The topological polar surface area (TPSA) is 42.1 Å². The monoisotopic (exact) mass is 260 g/mol. The Morgan fingerprint density at radius 3 is 2.84 bits per heavy atom. The van der Waals surface area contributed by atoms with E-state index in [1.165, 1.54) is 12.8 Å². The first-order valence-electron chi connectivity index (χ1n) is 7.26. The van der Waals surface area contributed by atoms with Crippen molar-refractivity contribution in [2.75, 3.05) is 6.61 Å². The molecule has 0 N–H and O–H groups in total. The van der Waals surface area contributed by atoms with Gasteiger partial charge in [0.2, 0.25) is 0 Å². The van der Waals surface area contributed by atoms with Gasteiger partial charge in [-0.3, -0.25) is 4.79 Å². The number of ketones is 1. The molecule has 4 aliphatic rings. The van der Waals surface area contributed by atoms with Gasteiger partial charge in [-0.2, -0.15) is 0 Å². The third kappa shape index (κ3) is 1.75. The van der Waals surface area contributed by atoms with E-state index in [1.54, 1.807) is 11.6 Å². The Balaban J connectivity index is 1.54. The maximum atomic E-state index is 11.9. The van der Waals surface area contributed by atoms with Gasteiger partial charge in [-0.25, -0.2) is 0 Å². The number of ether oxygens (including phenoxy) is 2. The predicted octanol–water partition coefficient (Wildman–Crippen LogP) is 2.56. The van der Waals surface area contributed by atoms with Crippen LogP contribution in [-0.4, -0.2) is 29.7 Å². The van der Waals surface area contributed by atoms with Crippen molar-refractivity contribution in [3.63, 3.8) is 0 Å². The first-order valence-corrected chi connectivity index (χ1v) is 7.26. The van der Waals surface area contributed by atoms with Gasteiger partial charge in [0.25, 0.3) is 0 Å². The molecule has 2 aliphatic carbocycles. The largest absolute Gasteiger partial charge is 0.366 e. The highest BCUT2D eigenvalue weighted by molar-refractivity contribution is 5.92. The summed E-state index contributed by atoms with van der Waals surface area (Å²) in [6.07, 6.45) is 8.45. The molecule has 1 spiro atoms. The minimum atomic E-state index is -0.190. The van der Waals surface area contributed by atoms with Crippen molar-refractivity contribution in [1.29, 1.82) is 0 Å². The van der Waals surface area contributed by atoms with Crippen LogP contribution >= 0.6 is 0 Å². The van der Waals surface area contributed by atoms with E-state index in [0.717, 1.165) is 18.6 Å². The molecule has 2 saturated heterocycles. The smallest absolute Gasteiger partial charge is 0.156 e. The zero-order valence-corrected chi connectivity index (χ0v) is 11.6. The molecule has 4 rings (SSSR count). The van der Waals surface area contributed by atoms with Crippen LogP contribution in [0.1, 0.15) is 39.5 Å². The van der Waals surface area contributed by atoms with E-state index in [-0.39, 0.29) is 29.0 Å². The number of rotatable bonds is 3. The summed E-state index contributed by atoms with van der Waals surface area (Å²) in [5, 5.41) is 0. The molecule has 0 bridgehead atoms. The molecule has 3 heteroatoms. The van der Waals surface area contributed by atoms with Crippen molar-refractivity contribution in [2.45, 2.75) is 56.8 Å². The second-order valence-corrected chi connectivity index (χ2v) is 6.62. The summed E-state index contributed by atoms with van der Waals surface area (Å²) >= 11 is 0. The molecule has 3 fully saturated rings. The molecular formula is C16H20O3. The lowest BCUT2D eigenvalue weighted by atomic mass is 9.70. The SMILES string of the molecule is CC1=CC(=O)CC([C@@]2(C)O[C@@H]2CC=C2CC2)[C@@]12CO2. The molecule has 0 aromatic rings. The van der Waals surface area contributed by atoms with Crippen molar-refractivity contribution >= 4 is 5.78 Å². The van der Waals surface area contributed by atoms with Crippen LogP contribution in [0.15, 0.2) is 23.3 Å². The van der Waals surface area contributed by atoms with Gasteiger partial charge in [0.15, 0.2) is 5.78 Å². The van der Waals surface area contributed by atoms with Gasteiger partial charge in [0.05, 0.1) is 18.3 Å². The van der Waals surface area contributed by atoms with Crippen molar-refractivity contribution in [2.24, 2.45) is 5.92 Å². The predicted molar refractivity (Wildman–Crippen MR) is 70.8 cm³/mol. The average molecular weight is 260 g/mol. The molecule has 1 unspecified atom stereocenters. The molecule has 0 radical (unpaired) electrons.